The van der Waals surface area contributed by atoms with Crippen molar-refractivity contribution < 1.29 is 24.8 Å². The molecule has 0 saturated heterocycles. The second kappa shape index (κ2) is 12.6. The highest BCUT2D eigenvalue weighted by Gasteiger charge is 2.19. The van der Waals surface area contributed by atoms with Crippen molar-refractivity contribution in [1.82, 2.24) is 10.2 Å². The fraction of sp³-hybridized carbons (Fsp3) is 0.400. The Morgan fingerprint density at radius 2 is 1.62 bits per heavy atom. The Labute approximate surface area is 184 Å². The summed E-state index contributed by atoms with van der Waals surface area (Å²) in [6.07, 6.45) is -1.04. The number of nitrogens with one attached hydrogen (secondary N) is 1. The SMILES string of the molecule is CNCC(O)c1ccc(OC(CN(C)C)c2ccc(O)c(O)c2)c(OC)c1.Cl.Cl. The van der Waals surface area contributed by atoms with E-state index in [4.69, 9.17) is 9.47 Å². The molecule has 2 rings (SSSR count). The summed E-state index contributed by atoms with van der Waals surface area (Å²) in [6, 6.07) is 9.93. The topological polar surface area (TPSA) is 94.4 Å². The molecule has 0 aliphatic carbocycles. The molecule has 0 bridgehead atoms. The number of ether oxygens (including phenoxy) is 2. The Balaban J connectivity index is 0.00000392. The lowest BCUT2D eigenvalue weighted by Gasteiger charge is -2.24. The van der Waals surface area contributed by atoms with E-state index in [2.05, 4.69) is 5.32 Å². The molecule has 164 valence electrons. The number of rotatable bonds is 9. The molecule has 29 heavy (non-hydrogen) atoms. The third-order valence-corrected chi connectivity index (χ3v) is 4.14. The fourth-order valence-corrected chi connectivity index (χ4v) is 2.74. The molecule has 2 aromatic rings. The van der Waals surface area contributed by atoms with E-state index in [1.165, 1.54) is 12.1 Å². The third-order valence-electron chi connectivity index (χ3n) is 4.14. The van der Waals surface area contributed by atoms with Crippen molar-refractivity contribution in [2.75, 3.05) is 41.3 Å². The first-order valence-corrected chi connectivity index (χ1v) is 8.69. The lowest BCUT2D eigenvalue weighted by molar-refractivity contribution is 0.155. The smallest absolute Gasteiger partial charge is 0.162 e. The monoisotopic (exact) mass is 448 g/mol. The number of hydrogen-bond donors (Lipinski definition) is 4. The number of benzene rings is 2. The summed E-state index contributed by atoms with van der Waals surface area (Å²) >= 11 is 0. The molecule has 0 spiro atoms. The van der Waals surface area contributed by atoms with Gasteiger partial charge in [0.25, 0.3) is 0 Å². The molecule has 2 unspecified atom stereocenters. The Bertz CT molecular complexity index is 762. The van der Waals surface area contributed by atoms with E-state index in [-0.39, 0.29) is 36.3 Å². The van der Waals surface area contributed by atoms with Crippen LogP contribution in [0.3, 0.4) is 0 Å². The van der Waals surface area contributed by atoms with E-state index in [0.717, 1.165) is 11.1 Å². The number of halogens is 2. The van der Waals surface area contributed by atoms with E-state index in [1.807, 2.05) is 19.0 Å². The van der Waals surface area contributed by atoms with Crippen molar-refractivity contribution in [2.24, 2.45) is 0 Å². The maximum Gasteiger partial charge on any atom is 0.162 e. The highest BCUT2D eigenvalue weighted by molar-refractivity contribution is 5.85. The molecule has 0 amide bonds. The number of aliphatic hydroxyl groups is 1. The van der Waals surface area contributed by atoms with Gasteiger partial charge in [0.05, 0.1) is 13.2 Å². The van der Waals surface area contributed by atoms with E-state index < -0.39 is 12.2 Å². The molecule has 9 heteroatoms. The van der Waals surface area contributed by atoms with Gasteiger partial charge >= 0.3 is 0 Å². The number of aromatic hydroxyl groups is 2. The summed E-state index contributed by atoms with van der Waals surface area (Å²) < 4.78 is 11.6. The highest BCUT2D eigenvalue weighted by Crippen LogP contribution is 2.35. The first kappa shape index (κ1) is 27.1. The number of methoxy groups -OCH3 is 1. The number of aliphatic hydroxyl groups excluding tert-OH is 1. The van der Waals surface area contributed by atoms with E-state index in [9.17, 15) is 15.3 Å². The van der Waals surface area contributed by atoms with Gasteiger partial charge in [0.15, 0.2) is 23.0 Å². The van der Waals surface area contributed by atoms with Gasteiger partial charge in [0.1, 0.15) is 6.10 Å². The molecule has 0 radical (unpaired) electrons. The van der Waals surface area contributed by atoms with Crippen molar-refractivity contribution in [3.8, 4) is 23.0 Å². The minimum atomic E-state index is -0.649. The molecule has 0 heterocycles. The molecule has 0 fully saturated rings. The zero-order valence-electron chi connectivity index (χ0n) is 17.0. The zero-order chi connectivity index (χ0) is 20.0. The Morgan fingerprint density at radius 3 is 2.17 bits per heavy atom. The highest BCUT2D eigenvalue weighted by atomic mass is 35.5. The molecule has 0 aromatic heterocycles. The first-order valence-electron chi connectivity index (χ1n) is 8.69. The molecule has 0 aliphatic heterocycles. The van der Waals surface area contributed by atoms with Gasteiger partial charge in [0.2, 0.25) is 0 Å². The summed E-state index contributed by atoms with van der Waals surface area (Å²) in [5.41, 5.74) is 1.44. The summed E-state index contributed by atoms with van der Waals surface area (Å²) in [5, 5.41) is 32.5. The normalized spacial score (nSPS) is 12.5. The average molecular weight is 449 g/mol. The number of phenolic OH excluding ortho intramolecular Hbond substituents is 2. The Morgan fingerprint density at radius 1 is 0.966 bits per heavy atom. The quantitative estimate of drug-likeness (QED) is 0.438. The predicted molar refractivity (Wildman–Crippen MR) is 118 cm³/mol. The summed E-state index contributed by atoms with van der Waals surface area (Å²) in [7, 11) is 7.16. The van der Waals surface area contributed by atoms with Gasteiger partial charge in [-0.15, -0.1) is 24.8 Å². The lowest BCUT2D eigenvalue weighted by Crippen LogP contribution is -2.24. The maximum absolute atomic E-state index is 10.1. The Hall–Kier alpha value is -1.90. The van der Waals surface area contributed by atoms with Crippen LogP contribution in [0, 0.1) is 0 Å². The van der Waals surface area contributed by atoms with Gasteiger partial charge in [-0.05, 0) is 56.5 Å². The van der Waals surface area contributed by atoms with Crippen molar-refractivity contribution in [3.05, 3.63) is 47.5 Å². The molecule has 0 aliphatic rings. The standard InChI is InChI=1S/C20H28N2O5.2ClH/c1-21-11-17(25)13-6-8-18(19(10-13)26-4)27-20(12-22(2)3)14-5-7-15(23)16(24)9-14;;/h5-10,17,20-21,23-25H,11-12H2,1-4H3;2*1H. The lowest BCUT2D eigenvalue weighted by atomic mass is 10.1. The minimum absolute atomic E-state index is 0. The average Bonchev–Trinajstić information content (AvgIpc) is 2.63. The molecular weight excluding hydrogens is 419 g/mol. The van der Waals surface area contributed by atoms with Crippen LogP contribution in [-0.2, 0) is 0 Å². The van der Waals surface area contributed by atoms with Gasteiger partial charge in [-0.2, -0.15) is 0 Å². The number of phenols is 2. The fourth-order valence-electron chi connectivity index (χ4n) is 2.74. The third kappa shape index (κ3) is 7.45. The van der Waals surface area contributed by atoms with Crippen molar-refractivity contribution in [2.45, 2.75) is 12.2 Å². The molecule has 0 saturated carbocycles. The van der Waals surface area contributed by atoms with Crippen LogP contribution in [0.5, 0.6) is 23.0 Å². The largest absolute Gasteiger partial charge is 0.504 e. The van der Waals surface area contributed by atoms with Gasteiger partial charge < -0.3 is 35.0 Å². The van der Waals surface area contributed by atoms with Gasteiger partial charge in [-0.1, -0.05) is 12.1 Å². The summed E-state index contributed by atoms with van der Waals surface area (Å²) in [5.74, 6) is 0.659. The Kier molecular flexibility index (Phi) is 11.8. The maximum atomic E-state index is 10.1. The van der Waals surface area contributed by atoms with Crippen molar-refractivity contribution in [1.29, 1.82) is 0 Å². The first-order chi connectivity index (χ1) is 12.8. The van der Waals surface area contributed by atoms with Crippen molar-refractivity contribution in [3.63, 3.8) is 0 Å². The van der Waals surface area contributed by atoms with Gasteiger partial charge in [0, 0.05) is 13.1 Å². The van der Waals surface area contributed by atoms with Crippen LogP contribution < -0.4 is 14.8 Å². The van der Waals surface area contributed by atoms with Gasteiger partial charge in [-0.3, -0.25) is 0 Å². The van der Waals surface area contributed by atoms with Crippen LogP contribution in [-0.4, -0.2) is 61.6 Å². The predicted octanol–water partition coefficient (Wildman–Crippen LogP) is 2.88. The summed E-state index contributed by atoms with van der Waals surface area (Å²) in [4.78, 5) is 1.96. The number of hydrogen-bond acceptors (Lipinski definition) is 7. The second-order valence-electron chi connectivity index (χ2n) is 6.60. The van der Waals surface area contributed by atoms with Crippen LogP contribution in [0.25, 0.3) is 0 Å². The molecular formula is C20H30Cl2N2O5. The van der Waals surface area contributed by atoms with E-state index >= 15 is 0 Å². The van der Waals surface area contributed by atoms with Crippen LogP contribution in [0.4, 0.5) is 0 Å². The second-order valence-corrected chi connectivity index (χ2v) is 6.60. The molecule has 4 N–H and O–H groups in total. The molecule has 2 atom stereocenters. The summed E-state index contributed by atoms with van der Waals surface area (Å²) in [6.45, 7) is 0.983. The zero-order valence-corrected chi connectivity index (χ0v) is 18.6. The van der Waals surface area contributed by atoms with Crippen molar-refractivity contribution >= 4 is 24.8 Å². The van der Waals surface area contributed by atoms with Crippen LogP contribution >= 0.6 is 24.8 Å². The van der Waals surface area contributed by atoms with Crippen LogP contribution in [0.1, 0.15) is 23.3 Å². The van der Waals surface area contributed by atoms with Crippen LogP contribution in [0.15, 0.2) is 36.4 Å². The van der Waals surface area contributed by atoms with E-state index in [1.54, 1.807) is 38.4 Å². The van der Waals surface area contributed by atoms with Crippen LogP contribution in [0.2, 0.25) is 0 Å². The van der Waals surface area contributed by atoms with E-state index in [0.29, 0.717) is 24.6 Å². The minimum Gasteiger partial charge on any atom is -0.504 e. The molecule has 2 aromatic carbocycles. The number of likely N-dealkylation sites (N-methyl/N-ethyl adjacent to an activating group) is 2. The van der Waals surface area contributed by atoms with Gasteiger partial charge in [-0.25, -0.2) is 0 Å². The molecule has 7 nitrogen and oxygen atoms in total. The number of nitrogens with zero attached hydrogens (tertiary/aromatic N) is 1.